The lowest BCUT2D eigenvalue weighted by molar-refractivity contribution is -0.131. The monoisotopic (exact) mass is 219 g/mol. The van der Waals surface area contributed by atoms with E-state index in [0.29, 0.717) is 12.3 Å². The summed E-state index contributed by atoms with van der Waals surface area (Å²) in [5, 5.41) is 0. The van der Waals surface area contributed by atoms with Gasteiger partial charge < -0.3 is 9.64 Å². The van der Waals surface area contributed by atoms with Crippen molar-refractivity contribution >= 4 is 17.5 Å². The van der Waals surface area contributed by atoms with Crippen molar-refractivity contribution in [1.82, 2.24) is 4.90 Å². The average Bonchev–Trinajstić information content (AvgIpc) is 2.39. The van der Waals surface area contributed by atoms with E-state index in [2.05, 4.69) is 0 Å². The van der Waals surface area contributed by atoms with Crippen LogP contribution in [0.5, 0.6) is 0 Å². The molecule has 0 N–H and O–H groups in total. The topological polar surface area (TPSA) is 29.5 Å². The van der Waals surface area contributed by atoms with Gasteiger partial charge in [-0.2, -0.15) is 0 Å². The Hall–Kier alpha value is -0.280. The van der Waals surface area contributed by atoms with E-state index in [4.69, 9.17) is 16.3 Å². The van der Waals surface area contributed by atoms with Gasteiger partial charge in [0.2, 0.25) is 5.91 Å². The molecule has 3 nitrogen and oxygen atoms in total. The Morgan fingerprint density at radius 3 is 3.14 bits per heavy atom. The molecule has 0 radical (unpaired) electrons. The van der Waals surface area contributed by atoms with Gasteiger partial charge in [-0.1, -0.05) is 0 Å². The molecule has 14 heavy (non-hydrogen) atoms. The normalized spacial score (nSPS) is 23.3. The summed E-state index contributed by atoms with van der Waals surface area (Å²) in [5.74, 6) is 0.772. The van der Waals surface area contributed by atoms with Crippen molar-refractivity contribution in [3.05, 3.63) is 0 Å². The summed E-state index contributed by atoms with van der Waals surface area (Å²) in [7, 11) is 0. The second kappa shape index (κ2) is 6.25. The summed E-state index contributed by atoms with van der Waals surface area (Å²) in [5.41, 5.74) is 0. The van der Waals surface area contributed by atoms with E-state index in [1.165, 1.54) is 0 Å². The second-order valence-electron chi connectivity index (χ2n) is 3.67. The molecule has 82 valence electrons. The van der Waals surface area contributed by atoms with Crippen molar-refractivity contribution in [3.63, 3.8) is 0 Å². The molecule has 1 rings (SSSR count). The fraction of sp³-hybridized carbons (Fsp3) is 0.900. The number of rotatable bonds is 3. The number of ether oxygens (including phenoxy) is 1. The van der Waals surface area contributed by atoms with Gasteiger partial charge in [0.05, 0.1) is 6.10 Å². The predicted octanol–water partition coefficient (Wildman–Crippen LogP) is 1.64. The summed E-state index contributed by atoms with van der Waals surface area (Å²) in [4.78, 5) is 13.6. The Kier molecular flexibility index (Phi) is 5.26. The highest BCUT2D eigenvalue weighted by Gasteiger charge is 2.18. The fourth-order valence-electron chi connectivity index (χ4n) is 1.60. The minimum absolute atomic E-state index is 0.164. The fourth-order valence-corrected chi connectivity index (χ4v) is 1.73. The molecule has 0 aromatic carbocycles. The standard InChI is InChI=1S/C10H18ClNO2/c1-9-8-12(6-3-7-14-9)10(13)4-2-5-11/h9H,2-8H2,1H3. The van der Waals surface area contributed by atoms with Crippen LogP contribution < -0.4 is 0 Å². The van der Waals surface area contributed by atoms with Crippen LogP contribution in [0.1, 0.15) is 26.2 Å². The molecular weight excluding hydrogens is 202 g/mol. The van der Waals surface area contributed by atoms with Crippen LogP contribution in [0, 0.1) is 0 Å². The summed E-state index contributed by atoms with van der Waals surface area (Å²) in [6.07, 6.45) is 2.44. The summed E-state index contributed by atoms with van der Waals surface area (Å²) in [6, 6.07) is 0. The highest BCUT2D eigenvalue weighted by atomic mass is 35.5. The molecule has 0 bridgehead atoms. The number of hydrogen-bond donors (Lipinski definition) is 0. The van der Waals surface area contributed by atoms with Gasteiger partial charge in [-0.25, -0.2) is 0 Å². The van der Waals surface area contributed by atoms with Crippen LogP contribution in [-0.4, -0.2) is 42.5 Å². The largest absolute Gasteiger partial charge is 0.377 e. The van der Waals surface area contributed by atoms with Crippen LogP contribution >= 0.6 is 11.6 Å². The Labute approximate surface area is 90.4 Å². The Bertz CT molecular complexity index is 187. The lowest BCUT2D eigenvalue weighted by Gasteiger charge is -2.21. The molecule has 0 aromatic rings. The van der Waals surface area contributed by atoms with Crippen LogP contribution in [0.25, 0.3) is 0 Å². The molecule has 4 heteroatoms. The van der Waals surface area contributed by atoms with E-state index >= 15 is 0 Å². The molecule has 1 amide bonds. The minimum atomic E-state index is 0.164. The molecule has 1 fully saturated rings. The first-order valence-corrected chi connectivity index (χ1v) is 5.73. The maximum absolute atomic E-state index is 11.7. The molecular formula is C10H18ClNO2. The molecule has 0 spiro atoms. The van der Waals surface area contributed by atoms with Crippen LogP contribution in [0.4, 0.5) is 0 Å². The number of amides is 1. The van der Waals surface area contributed by atoms with Crippen LogP contribution in [0.15, 0.2) is 0 Å². The number of alkyl halides is 1. The van der Waals surface area contributed by atoms with Crippen LogP contribution in [-0.2, 0) is 9.53 Å². The summed E-state index contributed by atoms with van der Waals surface area (Å²) >= 11 is 5.55. The zero-order valence-electron chi connectivity index (χ0n) is 8.67. The maximum Gasteiger partial charge on any atom is 0.222 e. The SMILES string of the molecule is CC1CN(C(=O)CCCCl)CCCO1. The van der Waals surface area contributed by atoms with Gasteiger partial charge in [-0.05, 0) is 19.8 Å². The van der Waals surface area contributed by atoms with Crippen LogP contribution in [0.3, 0.4) is 0 Å². The van der Waals surface area contributed by atoms with Gasteiger partial charge in [-0.15, -0.1) is 11.6 Å². The molecule has 1 atom stereocenters. The van der Waals surface area contributed by atoms with Gasteiger partial charge in [0.25, 0.3) is 0 Å². The van der Waals surface area contributed by atoms with E-state index < -0.39 is 0 Å². The highest BCUT2D eigenvalue weighted by molar-refractivity contribution is 6.17. The number of carbonyl (C=O) groups is 1. The van der Waals surface area contributed by atoms with E-state index in [-0.39, 0.29) is 12.0 Å². The molecule has 0 saturated carbocycles. The van der Waals surface area contributed by atoms with Crippen molar-refractivity contribution < 1.29 is 9.53 Å². The predicted molar refractivity (Wildman–Crippen MR) is 56.6 cm³/mol. The summed E-state index contributed by atoms with van der Waals surface area (Å²) in [6.45, 7) is 4.32. The minimum Gasteiger partial charge on any atom is -0.377 e. The Balaban J connectivity index is 2.36. The first kappa shape index (κ1) is 11.8. The van der Waals surface area contributed by atoms with Gasteiger partial charge >= 0.3 is 0 Å². The third kappa shape index (κ3) is 3.84. The molecule has 1 aliphatic heterocycles. The van der Waals surface area contributed by atoms with Crippen molar-refractivity contribution in [2.75, 3.05) is 25.6 Å². The quantitative estimate of drug-likeness (QED) is 0.676. The summed E-state index contributed by atoms with van der Waals surface area (Å²) < 4.78 is 5.47. The zero-order valence-corrected chi connectivity index (χ0v) is 9.42. The van der Waals surface area contributed by atoms with E-state index in [9.17, 15) is 4.79 Å². The Morgan fingerprint density at radius 1 is 1.64 bits per heavy atom. The number of halogens is 1. The molecule has 1 saturated heterocycles. The van der Waals surface area contributed by atoms with Gasteiger partial charge in [0.15, 0.2) is 0 Å². The van der Waals surface area contributed by atoms with Crippen molar-refractivity contribution in [1.29, 1.82) is 0 Å². The van der Waals surface area contributed by atoms with Crippen LogP contribution in [0.2, 0.25) is 0 Å². The molecule has 1 aliphatic rings. The van der Waals surface area contributed by atoms with E-state index in [1.807, 2.05) is 11.8 Å². The van der Waals surface area contributed by atoms with Gasteiger partial charge in [0.1, 0.15) is 0 Å². The number of hydrogen-bond acceptors (Lipinski definition) is 2. The highest BCUT2D eigenvalue weighted by Crippen LogP contribution is 2.08. The molecule has 0 aromatic heterocycles. The van der Waals surface area contributed by atoms with Crippen molar-refractivity contribution in [2.24, 2.45) is 0 Å². The second-order valence-corrected chi connectivity index (χ2v) is 4.05. The molecule has 1 unspecified atom stereocenters. The van der Waals surface area contributed by atoms with E-state index in [1.54, 1.807) is 0 Å². The number of carbonyl (C=O) groups excluding carboxylic acids is 1. The smallest absolute Gasteiger partial charge is 0.222 e. The van der Waals surface area contributed by atoms with Gasteiger partial charge in [0, 0.05) is 32.0 Å². The Morgan fingerprint density at radius 2 is 2.43 bits per heavy atom. The first-order chi connectivity index (χ1) is 6.74. The third-order valence-corrected chi connectivity index (χ3v) is 2.60. The zero-order chi connectivity index (χ0) is 10.4. The first-order valence-electron chi connectivity index (χ1n) is 5.19. The number of nitrogens with zero attached hydrogens (tertiary/aromatic N) is 1. The lowest BCUT2D eigenvalue weighted by atomic mass is 10.2. The van der Waals surface area contributed by atoms with Crippen molar-refractivity contribution in [3.8, 4) is 0 Å². The molecule has 1 heterocycles. The maximum atomic E-state index is 11.7. The average molecular weight is 220 g/mol. The molecule has 0 aliphatic carbocycles. The third-order valence-electron chi connectivity index (χ3n) is 2.33. The van der Waals surface area contributed by atoms with E-state index in [0.717, 1.165) is 32.5 Å². The van der Waals surface area contributed by atoms with Gasteiger partial charge in [-0.3, -0.25) is 4.79 Å². The lowest BCUT2D eigenvalue weighted by Crippen LogP contribution is -2.35. The van der Waals surface area contributed by atoms with Crippen molar-refractivity contribution in [2.45, 2.75) is 32.3 Å².